The van der Waals surface area contributed by atoms with E-state index >= 15 is 0 Å². The molecule has 0 aromatic heterocycles. The monoisotopic (exact) mass is 324 g/mol. The van der Waals surface area contributed by atoms with Gasteiger partial charge in [-0.05, 0) is 43.3 Å². The molecule has 0 fully saturated rings. The first kappa shape index (κ1) is 15.8. The third-order valence-electron chi connectivity index (χ3n) is 3.99. The quantitative estimate of drug-likeness (QED) is 0.899. The van der Waals surface area contributed by atoms with E-state index in [-0.39, 0.29) is 5.56 Å². The molecular weight excluding hydrogens is 308 g/mol. The average Bonchev–Trinajstić information content (AvgIpc) is 2.86. The number of ether oxygens (including phenoxy) is 2. The van der Waals surface area contributed by atoms with Crippen LogP contribution in [0.3, 0.4) is 0 Å². The molecule has 2 aromatic carbocycles. The Morgan fingerprint density at radius 2 is 2.04 bits per heavy atom. The normalized spacial score (nSPS) is 18.5. The summed E-state index contributed by atoms with van der Waals surface area (Å²) in [5, 5.41) is 23.0. The molecule has 0 bridgehead atoms. The van der Waals surface area contributed by atoms with Gasteiger partial charge in [-0.15, -0.1) is 0 Å². The minimum atomic E-state index is -1.96. The van der Waals surface area contributed by atoms with Gasteiger partial charge in [-0.1, -0.05) is 0 Å². The summed E-state index contributed by atoms with van der Waals surface area (Å²) >= 11 is 0. The topological polar surface area (TPSA) is 91.6 Å². The second-order valence-electron chi connectivity index (χ2n) is 5.33. The van der Waals surface area contributed by atoms with Crippen LogP contribution in [0, 0.1) is 11.3 Å². The smallest absolute Gasteiger partial charge is 0.266 e. The Balaban J connectivity index is 2.26. The van der Waals surface area contributed by atoms with Crippen molar-refractivity contribution in [2.24, 2.45) is 0 Å². The van der Waals surface area contributed by atoms with Gasteiger partial charge in [-0.2, -0.15) is 5.26 Å². The number of aliphatic hydroxyl groups is 1. The molecule has 1 aliphatic heterocycles. The maximum atomic E-state index is 12.6. The van der Waals surface area contributed by atoms with Crippen LogP contribution in [0.2, 0.25) is 0 Å². The van der Waals surface area contributed by atoms with Crippen LogP contribution in [0.4, 0.5) is 5.69 Å². The number of nitrogens with zero attached hydrogens (tertiary/aromatic N) is 1. The van der Waals surface area contributed by atoms with Crippen LogP contribution in [0.15, 0.2) is 36.4 Å². The van der Waals surface area contributed by atoms with Crippen molar-refractivity contribution in [1.29, 1.82) is 5.26 Å². The van der Waals surface area contributed by atoms with Gasteiger partial charge in [0.15, 0.2) is 5.60 Å². The number of anilines is 1. The van der Waals surface area contributed by atoms with Gasteiger partial charge in [-0.25, -0.2) is 0 Å². The standard InChI is InChI=1S/C18H16N2O4/c1-3-24-16-7-5-12(23-2)9-14(16)18(22)13-8-11(10-19)4-6-15(13)20-17(18)21/h4-9,22H,3H2,1-2H3,(H,20,21). The zero-order valence-electron chi connectivity index (χ0n) is 13.3. The minimum Gasteiger partial charge on any atom is -0.497 e. The van der Waals surface area contributed by atoms with Crippen molar-refractivity contribution < 1.29 is 19.4 Å². The van der Waals surface area contributed by atoms with Crippen molar-refractivity contribution in [3.8, 4) is 17.6 Å². The van der Waals surface area contributed by atoms with E-state index in [1.165, 1.54) is 13.2 Å². The Kier molecular flexibility index (Phi) is 3.87. The Labute approximate surface area is 139 Å². The largest absolute Gasteiger partial charge is 0.497 e. The Bertz CT molecular complexity index is 857. The Morgan fingerprint density at radius 1 is 1.25 bits per heavy atom. The second-order valence-corrected chi connectivity index (χ2v) is 5.33. The molecule has 0 aliphatic carbocycles. The minimum absolute atomic E-state index is 0.273. The van der Waals surface area contributed by atoms with Crippen LogP contribution < -0.4 is 14.8 Å². The predicted octanol–water partition coefficient (Wildman–Crippen LogP) is 2.15. The van der Waals surface area contributed by atoms with Crippen molar-refractivity contribution in [2.45, 2.75) is 12.5 Å². The van der Waals surface area contributed by atoms with Gasteiger partial charge in [0.05, 0.1) is 25.3 Å². The summed E-state index contributed by atoms with van der Waals surface area (Å²) in [7, 11) is 1.50. The van der Waals surface area contributed by atoms with E-state index in [2.05, 4.69) is 5.32 Å². The van der Waals surface area contributed by atoms with Crippen molar-refractivity contribution in [3.63, 3.8) is 0 Å². The maximum absolute atomic E-state index is 12.6. The summed E-state index contributed by atoms with van der Waals surface area (Å²) in [5.74, 6) is 0.271. The summed E-state index contributed by atoms with van der Waals surface area (Å²) in [6.45, 7) is 2.19. The summed E-state index contributed by atoms with van der Waals surface area (Å²) in [4.78, 5) is 12.6. The predicted molar refractivity (Wildman–Crippen MR) is 86.9 cm³/mol. The van der Waals surface area contributed by atoms with Crippen molar-refractivity contribution in [1.82, 2.24) is 0 Å². The first-order valence-electron chi connectivity index (χ1n) is 7.44. The molecule has 6 nitrogen and oxygen atoms in total. The van der Waals surface area contributed by atoms with Crippen LogP contribution in [0.5, 0.6) is 11.5 Å². The number of rotatable bonds is 4. The summed E-state index contributed by atoms with van der Waals surface area (Å²) in [6.07, 6.45) is 0. The molecule has 0 saturated carbocycles. The van der Waals surface area contributed by atoms with Crippen LogP contribution >= 0.6 is 0 Å². The van der Waals surface area contributed by atoms with Crippen molar-refractivity contribution in [2.75, 3.05) is 19.0 Å². The molecule has 2 aromatic rings. The fourth-order valence-corrected chi connectivity index (χ4v) is 2.82. The van der Waals surface area contributed by atoms with E-state index in [0.717, 1.165) is 0 Å². The first-order chi connectivity index (χ1) is 11.5. The number of nitrogens with one attached hydrogen (secondary N) is 1. The van der Waals surface area contributed by atoms with Gasteiger partial charge < -0.3 is 19.9 Å². The maximum Gasteiger partial charge on any atom is 0.266 e. The molecule has 3 rings (SSSR count). The fourth-order valence-electron chi connectivity index (χ4n) is 2.82. The number of hydrogen-bond acceptors (Lipinski definition) is 5. The van der Waals surface area contributed by atoms with E-state index in [1.54, 1.807) is 30.3 Å². The van der Waals surface area contributed by atoms with E-state index in [4.69, 9.17) is 14.7 Å². The molecule has 24 heavy (non-hydrogen) atoms. The van der Waals surface area contributed by atoms with E-state index in [0.29, 0.717) is 34.9 Å². The molecule has 1 heterocycles. The van der Waals surface area contributed by atoms with Gasteiger partial charge in [0.2, 0.25) is 0 Å². The Hall–Kier alpha value is -3.04. The molecule has 0 radical (unpaired) electrons. The summed E-state index contributed by atoms with van der Waals surface area (Å²) in [6, 6.07) is 11.6. The lowest BCUT2D eigenvalue weighted by molar-refractivity contribution is -0.129. The van der Waals surface area contributed by atoms with Gasteiger partial charge >= 0.3 is 0 Å². The van der Waals surface area contributed by atoms with E-state index in [1.807, 2.05) is 13.0 Å². The number of carbonyl (C=O) groups excluding carboxylic acids is 1. The number of carbonyl (C=O) groups is 1. The van der Waals surface area contributed by atoms with Crippen molar-refractivity contribution in [3.05, 3.63) is 53.1 Å². The van der Waals surface area contributed by atoms with Crippen molar-refractivity contribution >= 4 is 11.6 Å². The number of amides is 1. The number of fused-ring (bicyclic) bond motifs is 1. The summed E-state index contributed by atoms with van der Waals surface area (Å²) in [5.41, 5.74) is -0.548. The van der Waals surface area contributed by atoms with Gasteiger partial charge in [0.25, 0.3) is 5.91 Å². The van der Waals surface area contributed by atoms with Crippen LogP contribution in [-0.4, -0.2) is 24.7 Å². The lowest BCUT2D eigenvalue weighted by Gasteiger charge is -2.24. The Morgan fingerprint density at radius 3 is 2.71 bits per heavy atom. The van der Waals surface area contributed by atoms with E-state index in [9.17, 15) is 9.90 Å². The highest BCUT2D eigenvalue weighted by Crippen LogP contribution is 2.45. The fraction of sp³-hybridized carbons (Fsp3) is 0.222. The van der Waals surface area contributed by atoms with Crippen LogP contribution in [0.1, 0.15) is 23.6 Å². The summed E-state index contributed by atoms with van der Waals surface area (Å²) < 4.78 is 10.8. The zero-order chi connectivity index (χ0) is 17.3. The van der Waals surface area contributed by atoms with Gasteiger partial charge in [-0.3, -0.25) is 4.79 Å². The molecule has 2 N–H and O–H groups in total. The molecule has 1 atom stereocenters. The number of methoxy groups -OCH3 is 1. The zero-order valence-corrected chi connectivity index (χ0v) is 13.3. The third-order valence-corrected chi connectivity index (χ3v) is 3.99. The molecule has 6 heteroatoms. The van der Waals surface area contributed by atoms with Crippen LogP contribution in [0.25, 0.3) is 0 Å². The van der Waals surface area contributed by atoms with E-state index < -0.39 is 11.5 Å². The van der Waals surface area contributed by atoms with Gasteiger partial charge in [0.1, 0.15) is 11.5 Å². The van der Waals surface area contributed by atoms with Gasteiger partial charge in [0, 0.05) is 16.8 Å². The highest BCUT2D eigenvalue weighted by atomic mass is 16.5. The van der Waals surface area contributed by atoms with Crippen LogP contribution in [-0.2, 0) is 10.4 Å². The highest BCUT2D eigenvalue weighted by Gasteiger charge is 2.49. The molecule has 1 unspecified atom stereocenters. The number of nitriles is 1. The molecule has 122 valence electrons. The first-order valence-corrected chi connectivity index (χ1v) is 7.44. The third kappa shape index (κ3) is 2.27. The molecule has 0 saturated heterocycles. The lowest BCUT2D eigenvalue weighted by atomic mass is 9.86. The molecule has 1 amide bonds. The second kappa shape index (κ2) is 5.87. The average molecular weight is 324 g/mol. The number of hydrogen-bond donors (Lipinski definition) is 2. The lowest BCUT2D eigenvalue weighted by Crippen LogP contribution is -2.36. The molecular formula is C18H16N2O4. The molecule has 0 spiro atoms. The molecule has 1 aliphatic rings. The number of benzene rings is 2. The highest BCUT2D eigenvalue weighted by molar-refractivity contribution is 6.07. The SMILES string of the molecule is CCOc1ccc(OC)cc1C1(O)C(=O)Nc2ccc(C#N)cc21.